The lowest BCUT2D eigenvalue weighted by Crippen LogP contribution is -2.04. The molecule has 0 aliphatic heterocycles. The molecule has 0 aliphatic carbocycles. The van der Waals surface area contributed by atoms with Gasteiger partial charge in [0.2, 0.25) is 5.82 Å². The summed E-state index contributed by atoms with van der Waals surface area (Å²) in [4.78, 5) is 15.6. The van der Waals surface area contributed by atoms with E-state index in [1.165, 1.54) is 30.5 Å². The van der Waals surface area contributed by atoms with E-state index in [-0.39, 0.29) is 11.6 Å². The van der Waals surface area contributed by atoms with Gasteiger partial charge < -0.3 is 4.52 Å². The van der Waals surface area contributed by atoms with Crippen molar-refractivity contribution in [3.63, 3.8) is 0 Å². The van der Waals surface area contributed by atoms with Gasteiger partial charge >= 0.3 is 12.1 Å². The van der Waals surface area contributed by atoms with E-state index >= 15 is 0 Å². The van der Waals surface area contributed by atoms with Crippen LogP contribution in [-0.2, 0) is 12.7 Å². The van der Waals surface area contributed by atoms with Gasteiger partial charge in [-0.2, -0.15) is 23.3 Å². The molecule has 3 rings (SSSR count). The number of alkyl halides is 3. The van der Waals surface area contributed by atoms with E-state index in [1.807, 2.05) is 6.92 Å². The van der Waals surface area contributed by atoms with Crippen molar-refractivity contribution in [3.05, 3.63) is 53.7 Å². The predicted octanol–water partition coefficient (Wildman–Crippen LogP) is 3.20. The monoisotopic (exact) mass is 336 g/mol. The lowest BCUT2D eigenvalue weighted by molar-refractivity contribution is -0.159. The molecule has 0 amide bonds. The molecule has 0 fully saturated rings. The van der Waals surface area contributed by atoms with E-state index in [0.29, 0.717) is 23.2 Å². The Morgan fingerprint density at radius 1 is 1.21 bits per heavy atom. The summed E-state index contributed by atoms with van der Waals surface area (Å²) in [5, 5.41) is 7.32. The number of ketones is 1. The number of carbonyl (C=O) groups excluding carboxylic acids is 1. The molecule has 0 saturated heterocycles. The van der Waals surface area contributed by atoms with Gasteiger partial charge in [0.05, 0.1) is 11.8 Å². The van der Waals surface area contributed by atoms with Crippen LogP contribution >= 0.6 is 0 Å². The SMILES string of the molecule is CCn1cc(C(=O)c2ccc(-c3noc(C(F)(F)F)n3)cc2)cn1. The number of halogens is 3. The van der Waals surface area contributed by atoms with Crippen molar-refractivity contribution < 1.29 is 22.5 Å². The summed E-state index contributed by atoms with van der Waals surface area (Å²) >= 11 is 0. The van der Waals surface area contributed by atoms with Crippen molar-refractivity contribution in [2.24, 2.45) is 0 Å². The van der Waals surface area contributed by atoms with Crippen LogP contribution in [0.4, 0.5) is 13.2 Å². The van der Waals surface area contributed by atoms with Crippen LogP contribution in [0, 0.1) is 0 Å². The van der Waals surface area contributed by atoms with E-state index in [2.05, 4.69) is 19.8 Å². The Morgan fingerprint density at radius 3 is 2.46 bits per heavy atom. The fourth-order valence-corrected chi connectivity index (χ4v) is 2.05. The zero-order chi connectivity index (χ0) is 17.3. The molecule has 124 valence electrons. The highest BCUT2D eigenvalue weighted by Gasteiger charge is 2.38. The van der Waals surface area contributed by atoms with E-state index in [4.69, 9.17) is 0 Å². The molecule has 9 heteroatoms. The molecule has 0 N–H and O–H groups in total. The van der Waals surface area contributed by atoms with E-state index < -0.39 is 12.1 Å². The number of rotatable bonds is 4. The van der Waals surface area contributed by atoms with E-state index in [1.54, 1.807) is 10.9 Å². The van der Waals surface area contributed by atoms with Gasteiger partial charge in [0, 0.05) is 23.9 Å². The lowest BCUT2D eigenvalue weighted by Gasteiger charge is -2.00. The number of hydrogen-bond donors (Lipinski definition) is 0. The van der Waals surface area contributed by atoms with Gasteiger partial charge in [-0.05, 0) is 6.92 Å². The van der Waals surface area contributed by atoms with Crippen molar-refractivity contribution >= 4 is 5.78 Å². The minimum atomic E-state index is -4.69. The first-order valence-electron chi connectivity index (χ1n) is 6.97. The quantitative estimate of drug-likeness (QED) is 0.684. The Hall–Kier alpha value is -2.97. The Morgan fingerprint density at radius 2 is 1.92 bits per heavy atom. The van der Waals surface area contributed by atoms with Gasteiger partial charge in [0.15, 0.2) is 5.78 Å². The molecule has 24 heavy (non-hydrogen) atoms. The second kappa shape index (κ2) is 5.91. The molecule has 6 nitrogen and oxygen atoms in total. The number of carbonyl (C=O) groups is 1. The van der Waals surface area contributed by atoms with Gasteiger partial charge in [0.25, 0.3) is 0 Å². The van der Waals surface area contributed by atoms with Crippen LogP contribution in [0.15, 0.2) is 41.2 Å². The van der Waals surface area contributed by atoms with Crippen LogP contribution in [0.2, 0.25) is 0 Å². The number of benzene rings is 1. The van der Waals surface area contributed by atoms with Gasteiger partial charge in [-0.3, -0.25) is 9.48 Å². The Labute approximate surface area is 133 Å². The molecule has 0 bridgehead atoms. The number of aryl methyl sites for hydroxylation is 1. The van der Waals surface area contributed by atoms with Crippen molar-refractivity contribution in [2.45, 2.75) is 19.6 Å². The Kier molecular flexibility index (Phi) is 3.92. The minimum absolute atomic E-state index is 0.194. The summed E-state index contributed by atoms with van der Waals surface area (Å²) in [6, 6.07) is 5.90. The highest BCUT2D eigenvalue weighted by atomic mass is 19.4. The maximum atomic E-state index is 12.5. The van der Waals surface area contributed by atoms with Crippen molar-refractivity contribution in [1.29, 1.82) is 0 Å². The highest BCUT2D eigenvalue weighted by Crippen LogP contribution is 2.29. The second-order valence-electron chi connectivity index (χ2n) is 4.91. The average Bonchev–Trinajstić information content (AvgIpc) is 3.23. The van der Waals surface area contributed by atoms with Crippen LogP contribution in [0.25, 0.3) is 11.4 Å². The second-order valence-corrected chi connectivity index (χ2v) is 4.91. The molecule has 1 aromatic carbocycles. The fourth-order valence-electron chi connectivity index (χ4n) is 2.05. The Bertz CT molecular complexity index is 865. The number of aromatic nitrogens is 4. The van der Waals surface area contributed by atoms with Crippen LogP contribution in [0.5, 0.6) is 0 Å². The van der Waals surface area contributed by atoms with E-state index in [9.17, 15) is 18.0 Å². The fraction of sp³-hybridized carbons (Fsp3) is 0.200. The minimum Gasteiger partial charge on any atom is -0.329 e. The lowest BCUT2D eigenvalue weighted by atomic mass is 10.0. The molecule has 2 aromatic heterocycles. The van der Waals surface area contributed by atoms with Gasteiger partial charge in [-0.25, -0.2) is 0 Å². The Balaban J connectivity index is 1.82. The summed E-state index contributed by atoms with van der Waals surface area (Å²) in [6.07, 6.45) is -1.60. The van der Waals surface area contributed by atoms with Crippen molar-refractivity contribution in [1.82, 2.24) is 19.9 Å². The molecule has 0 atom stereocenters. The largest absolute Gasteiger partial charge is 0.471 e. The van der Waals surface area contributed by atoms with Crippen LogP contribution in [0.3, 0.4) is 0 Å². The zero-order valence-corrected chi connectivity index (χ0v) is 12.4. The topological polar surface area (TPSA) is 73.8 Å². The molecule has 0 saturated carbocycles. The van der Waals surface area contributed by atoms with Gasteiger partial charge in [-0.1, -0.05) is 29.4 Å². The first kappa shape index (κ1) is 15.9. The maximum Gasteiger partial charge on any atom is 0.471 e. The van der Waals surface area contributed by atoms with Crippen LogP contribution < -0.4 is 0 Å². The number of nitrogens with zero attached hydrogens (tertiary/aromatic N) is 4. The van der Waals surface area contributed by atoms with Gasteiger partial charge in [0.1, 0.15) is 0 Å². The third kappa shape index (κ3) is 3.05. The summed E-state index contributed by atoms with van der Waals surface area (Å²) in [5.41, 5.74) is 1.13. The first-order valence-corrected chi connectivity index (χ1v) is 6.97. The smallest absolute Gasteiger partial charge is 0.329 e. The first-order chi connectivity index (χ1) is 11.4. The third-order valence-electron chi connectivity index (χ3n) is 3.29. The van der Waals surface area contributed by atoms with Gasteiger partial charge in [-0.15, -0.1) is 0 Å². The predicted molar refractivity (Wildman–Crippen MR) is 76.1 cm³/mol. The standard InChI is InChI=1S/C15H11F3N4O2/c1-2-22-8-11(7-19-22)12(23)9-3-5-10(6-4-9)13-20-14(24-21-13)15(16,17)18/h3-8H,2H2,1H3. The highest BCUT2D eigenvalue weighted by molar-refractivity contribution is 6.08. The molecule has 3 aromatic rings. The summed E-state index contributed by atoms with van der Waals surface area (Å²) in [7, 11) is 0. The molecule has 0 unspecified atom stereocenters. The molecular formula is C15H11F3N4O2. The number of hydrogen-bond acceptors (Lipinski definition) is 5. The maximum absolute atomic E-state index is 12.5. The van der Waals surface area contributed by atoms with Crippen molar-refractivity contribution in [3.8, 4) is 11.4 Å². The molecule has 0 aliphatic rings. The third-order valence-corrected chi connectivity index (χ3v) is 3.29. The van der Waals surface area contributed by atoms with Crippen LogP contribution in [-0.4, -0.2) is 25.7 Å². The molecule has 0 radical (unpaired) electrons. The van der Waals surface area contributed by atoms with Crippen molar-refractivity contribution in [2.75, 3.05) is 0 Å². The molecular weight excluding hydrogens is 325 g/mol. The molecule has 0 spiro atoms. The van der Waals surface area contributed by atoms with E-state index in [0.717, 1.165) is 0 Å². The summed E-state index contributed by atoms with van der Waals surface area (Å²) in [5.74, 6) is -1.84. The average molecular weight is 336 g/mol. The summed E-state index contributed by atoms with van der Waals surface area (Å²) < 4.78 is 43.2. The zero-order valence-electron chi connectivity index (χ0n) is 12.4. The molecule has 2 heterocycles. The van der Waals surface area contributed by atoms with Crippen LogP contribution in [0.1, 0.15) is 28.7 Å². The normalized spacial score (nSPS) is 11.7. The summed E-state index contributed by atoms with van der Waals surface area (Å²) in [6.45, 7) is 2.54.